The molecular formula is C26H30Cl2Zr. The Morgan fingerprint density at radius 2 is 1.07 bits per heavy atom. The summed E-state index contributed by atoms with van der Waals surface area (Å²) in [7, 11) is 9.87. The maximum absolute atomic E-state index is 4.93. The second kappa shape index (κ2) is 10.4. The topological polar surface area (TPSA) is 0 Å². The molecule has 0 radical (unpaired) electrons. The third-order valence-corrected chi connectivity index (χ3v) is 4.99. The van der Waals surface area contributed by atoms with Crippen LogP contribution in [0, 0.1) is 0 Å². The van der Waals surface area contributed by atoms with E-state index in [0.29, 0.717) is 0 Å². The van der Waals surface area contributed by atoms with Crippen LogP contribution in [0.1, 0.15) is 52.7 Å². The van der Waals surface area contributed by atoms with Crippen LogP contribution in [0.3, 0.4) is 0 Å². The molecule has 0 N–H and O–H groups in total. The molecule has 29 heavy (non-hydrogen) atoms. The van der Waals surface area contributed by atoms with Crippen LogP contribution in [0.5, 0.6) is 0 Å². The van der Waals surface area contributed by atoms with Crippen LogP contribution in [0.4, 0.5) is 0 Å². The first-order valence-electron chi connectivity index (χ1n) is 9.85. The summed E-state index contributed by atoms with van der Waals surface area (Å²) in [6.45, 7) is 13.6. The van der Waals surface area contributed by atoms with E-state index in [1.807, 2.05) is 30.3 Å². The Balaban J connectivity index is 0.000000316. The SMILES string of the molecule is CC(C)(C)c1ccc2c(c1)[cH-]c1cc(C(C)(C)C)ccc12.[Cl][Zr+2][Cl].c1cc[cH-]c1. The minimum atomic E-state index is -0.826. The first kappa shape index (κ1) is 24.4. The van der Waals surface area contributed by atoms with Gasteiger partial charge < -0.3 is 0 Å². The number of fused-ring (bicyclic) bond motifs is 3. The smallest absolute Gasteiger partial charge is 0.172 e. The number of benzene rings is 2. The predicted molar refractivity (Wildman–Crippen MR) is 128 cm³/mol. The van der Waals surface area contributed by atoms with Gasteiger partial charge in [0, 0.05) is 0 Å². The summed E-state index contributed by atoms with van der Waals surface area (Å²) >= 11 is -0.826. The molecule has 0 saturated carbocycles. The molecule has 0 saturated heterocycles. The molecule has 0 heterocycles. The zero-order valence-electron chi connectivity index (χ0n) is 18.2. The summed E-state index contributed by atoms with van der Waals surface area (Å²) < 4.78 is 0. The Kier molecular flexibility index (Phi) is 8.77. The van der Waals surface area contributed by atoms with Crippen molar-refractivity contribution in [2.75, 3.05) is 0 Å². The molecule has 0 unspecified atom stereocenters. The van der Waals surface area contributed by atoms with Crippen molar-refractivity contribution in [1.29, 1.82) is 0 Å². The summed E-state index contributed by atoms with van der Waals surface area (Å²) in [5.41, 5.74) is 3.21. The molecule has 3 heteroatoms. The van der Waals surface area contributed by atoms with Gasteiger partial charge in [0.1, 0.15) is 0 Å². The van der Waals surface area contributed by atoms with Crippen molar-refractivity contribution in [2.45, 2.75) is 52.4 Å². The molecule has 0 aliphatic carbocycles. The number of halogens is 2. The van der Waals surface area contributed by atoms with Gasteiger partial charge in [-0.05, 0) is 10.8 Å². The first-order valence-corrected chi connectivity index (χ1v) is 16.2. The fourth-order valence-electron chi connectivity index (χ4n) is 3.28. The summed E-state index contributed by atoms with van der Waals surface area (Å²) in [6, 6.07) is 26.2. The average Bonchev–Trinajstić information content (AvgIpc) is 3.31. The summed E-state index contributed by atoms with van der Waals surface area (Å²) in [5.74, 6) is 0. The maximum atomic E-state index is 4.93. The summed E-state index contributed by atoms with van der Waals surface area (Å²) in [4.78, 5) is 0. The Hall–Kier alpha value is -0.877. The van der Waals surface area contributed by atoms with Crippen LogP contribution < -0.4 is 0 Å². The standard InChI is InChI=1S/C21H25.C5H5.2ClH.Zr/c1-20(2,3)16-7-9-18-14(12-16)11-15-13-17(21(4,5)6)8-10-19(15)18;1-2-4-5-3-1;;;/h7-13H,1-6H3;1-5H;2*1H;/q2*-1;;;+4/p-2. The van der Waals surface area contributed by atoms with E-state index < -0.39 is 20.8 Å². The molecule has 0 amide bonds. The molecule has 0 bridgehead atoms. The van der Waals surface area contributed by atoms with E-state index in [-0.39, 0.29) is 10.8 Å². The summed E-state index contributed by atoms with van der Waals surface area (Å²) in [5, 5.41) is 5.48. The van der Waals surface area contributed by atoms with E-state index in [4.69, 9.17) is 17.0 Å². The maximum Gasteiger partial charge on any atom is -0.172 e. The second-order valence-electron chi connectivity index (χ2n) is 9.28. The van der Waals surface area contributed by atoms with E-state index in [1.165, 1.54) is 32.7 Å². The molecule has 4 aromatic rings. The monoisotopic (exact) mass is 502 g/mol. The molecule has 0 aliphatic rings. The van der Waals surface area contributed by atoms with E-state index in [0.717, 1.165) is 0 Å². The van der Waals surface area contributed by atoms with Crippen molar-refractivity contribution in [3.05, 3.63) is 83.9 Å². The van der Waals surface area contributed by atoms with Gasteiger partial charge in [-0.3, -0.25) is 0 Å². The molecule has 0 nitrogen and oxygen atoms in total. The number of rotatable bonds is 0. The Morgan fingerprint density at radius 1 is 0.690 bits per heavy atom. The van der Waals surface area contributed by atoms with E-state index in [9.17, 15) is 0 Å². The fourth-order valence-corrected chi connectivity index (χ4v) is 3.28. The van der Waals surface area contributed by atoms with Crippen LogP contribution in [-0.4, -0.2) is 0 Å². The Labute approximate surface area is 194 Å². The van der Waals surface area contributed by atoms with Crippen LogP contribution in [0.25, 0.3) is 21.5 Å². The first-order chi connectivity index (χ1) is 13.6. The molecule has 0 atom stereocenters. The van der Waals surface area contributed by atoms with Gasteiger partial charge in [-0.2, -0.15) is 18.2 Å². The van der Waals surface area contributed by atoms with Gasteiger partial charge in [0.25, 0.3) is 0 Å². The van der Waals surface area contributed by atoms with Gasteiger partial charge in [0.2, 0.25) is 0 Å². The normalized spacial score (nSPS) is 11.3. The molecule has 152 valence electrons. The Bertz CT molecular complexity index is 927. The zero-order valence-corrected chi connectivity index (χ0v) is 22.2. The van der Waals surface area contributed by atoms with Crippen molar-refractivity contribution in [2.24, 2.45) is 0 Å². The van der Waals surface area contributed by atoms with Crippen LogP contribution >= 0.6 is 17.0 Å². The predicted octanol–water partition coefficient (Wildman–Crippen LogP) is 9.09. The van der Waals surface area contributed by atoms with E-state index >= 15 is 0 Å². The van der Waals surface area contributed by atoms with Crippen LogP contribution in [0.2, 0.25) is 0 Å². The number of hydrogen-bond acceptors (Lipinski definition) is 0. The van der Waals surface area contributed by atoms with Gasteiger partial charge >= 0.3 is 37.9 Å². The minimum Gasteiger partial charge on any atom is -0.214 e. The molecule has 0 spiro atoms. The van der Waals surface area contributed by atoms with Crippen molar-refractivity contribution < 1.29 is 20.8 Å². The van der Waals surface area contributed by atoms with E-state index in [2.05, 4.69) is 84.0 Å². The van der Waals surface area contributed by atoms with Gasteiger partial charge in [0.05, 0.1) is 0 Å². The van der Waals surface area contributed by atoms with Crippen molar-refractivity contribution >= 4 is 38.6 Å². The van der Waals surface area contributed by atoms with Crippen molar-refractivity contribution in [3.63, 3.8) is 0 Å². The van der Waals surface area contributed by atoms with Gasteiger partial charge in [-0.15, -0.1) is 39.7 Å². The second-order valence-corrected chi connectivity index (χ2v) is 13.0. The van der Waals surface area contributed by atoms with Gasteiger partial charge in [-0.1, -0.05) is 76.9 Å². The molecular weight excluding hydrogens is 474 g/mol. The minimum absolute atomic E-state index is 0.203. The third kappa shape index (κ3) is 6.81. The summed E-state index contributed by atoms with van der Waals surface area (Å²) in [6.07, 6.45) is 0. The average molecular weight is 505 g/mol. The van der Waals surface area contributed by atoms with Crippen LogP contribution in [-0.2, 0) is 31.7 Å². The molecule has 4 rings (SSSR count). The molecule has 4 aromatic carbocycles. The Morgan fingerprint density at radius 3 is 1.34 bits per heavy atom. The van der Waals surface area contributed by atoms with Gasteiger partial charge in [-0.25, -0.2) is 12.1 Å². The quantitative estimate of drug-likeness (QED) is 0.210. The molecule has 0 aliphatic heterocycles. The van der Waals surface area contributed by atoms with E-state index in [1.54, 1.807) is 0 Å². The van der Waals surface area contributed by atoms with Crippen LogP contribution in [0.15, 0.2) is 72.8 Å². The fraction of sp³-hybridized carbons (Fsp3) is 0.308. The largest absolute Gasteiger partial charge is 0.214 e. The van der Waals surface area contributed by atoms with Crippen molar-refractivity contribution in [3.8, 4) is 0 Å². The molecule has 0 fully saturated rings. The van der Waals surface area contributed by atoms with Crippen molar-refractivity contribution in [1.82, 2.24) is 0 Å². The molecule has 0 aromatic heterocycles. The van der Waals surface area contributed by atoms with Gasteiger partial charge in [0.15, 0.2) is 0 Å². The number of hydrogen-bond donors (Lipinski definition) is 0. The zero-order chi connectivity index (χ0) is 21.7. The third-order valence-electron chi connectivity index (χ3n) is 4.99.